The monoisotopic (exact) mass is 274 g/mol. The number of para-hydroxylation sites is 1. The van der Waals surface area contributed by atoms with Gasteiger partial charge >= 0.3 is 0 Å². The van der Waals surface area contributed by atoms with Gasteiger partial charge in [-0.3, -0.25) is 4.79 Å². The highest BCUT2D eigenvalue weighted by atomic mass is 32.1. The fourth-order valence-corrected chi connectivity index (χ4v) is 3.02. The van der Waals surface area contributed by atoms with Crippen LogP contribution in [-0.2, 0) is 6.42 Å². The summed E-state index contributed by atoms with van der Waals surface area (Å²) in [4.78, 5) is 14.4. The molecule has 2 aromatic rings. The number of nitrogens with one attached hydrogen (secondary N) is 1. The van der Waals surface area contributed by atoms with Gasteiger partial charge in [0.2, 0.25) is 10.1 Å². The largest absolute Gasteiger partial charge is 0.363 e. The molecule has 0 bridgehead atoms. The van der Waals surface area contributed by atoms with Crippen LogP contribution in [0.3, 0.4) is 0 Å². The molecule has 0 radical (unpaired) electrons. The third-order valence-corrected chi connectivity index (χ3v) is 4.18. The quantitative estimate of drug-likeness (QED) is 0.912. The number of rotatable bonds is 2. The van der Waals surface area contributed by atoms with Crippen LogP contribution in [0.15, 0.2) is 24.3 Å². The summed E-state index contributed by atoms with van der Waals surface area (Å²) in [5.41, 5.74) is 2.20. The summed E-state index contributed by atoms with van der Waals surface area (Å²) in [5.74, 6) is -0.0727. The van der Waals surface area contributed by atoms with E-state index < -0.39 is 0 Å². The summed E-state index contributed by atoms with van der Waals surface area (Å²) in [6.07, 6.45) is 0.888. The van der Waals surface area contributed by atoms with Gasteiger partial charge in [-0.25, -0.2) is 0 Å². The SMILES string of the molecule is CNc1nnc(C(=O)N2c3ccccc3CC2C)s1. The third-order valence-electron chi connectivity index (χ3n) is 3.25. The van der Waals surface area contributed by atoms with Crippen LogP contribution in [0.2, 0.25) is 0 Å². The van der Waals surface area contributed by atoms with Crippen LogP contribution >= 0.6 is 11.3 Å². The highest BCUT2D eigenvalue weighted by molar-refractivity contribution is 7.17. The van der Waals surface area contributed by atoms with E-state index in [1.807, 2.05) is 23.1 Å². The fraction of sp³-hybridized carbons (Fsp3) is 0.308. The molecule has 19 heavy (non-hydrogen) atoms. The van der Waals surface area contributed by atoms with Crippen LogP contribution < -0.4 is 10.2 Å². The van der Waals surface area contributed by atoms with Crippen molar-refractivity contribution in [2.24, 2.45) is 0 Å². The van der Waals surface area contributed by atoms with E-state index >= 15 is 0 Å². The van der Waals surface area contributed by atoms with Crippen molar-refractivity contribution in [1.29, 1.82) is 0 Å². The molecule has 98 valence electrons. The average molecular weight is 274 g/mol. The predicted molar refractivity (Wildman–Crippen MR) is 75.9 cm³/mol. The molecule has 1 unspecified atom stereocenters. The summed E-state index contributed by atoms with van der Waals surface area (Å²) >= 11 is 1.28. The first-order valence-corrected chi connectivity index (χ1v) is 6.95. The van der Waals surface area contributed by atoms with Gasteiger partial charge < -0.3 is 10.2 Å². The number of amides is 1. The number of carbonyl (C=O) groups excluding carboxylic acids is 1. The van der Waals surface area contributed by atoms with Crippen molar-refractivity contribution in [3.63, 3.8) is 0 Å². The molecule has 1 atom stereocenters. The molecule has 0 saturated heterocycles. The minimum Gasteiger partial charge on any atom is -0.363 e. The molecule has 1 aromatic carbocycles. The smallest absolute Gasteiger partial charge is 0.289 e. The Labute approximate surface area is 115 Å². The maximum Gasteiger partial charge on any atom is 0.289 e. The van der Waals surface area contributed by atoms with E-state index in [1.54, 1.807) is 7.05 Å². The van der Waals surface area contributed by atoms with E-state index in [0.717, 1.165) is 12.1 Å². The standard InChI is InChI=1S/C13H14N4OS/c1-8-7-9-5-3-4-6-10(9)17(8)12(18)11-15-16-13(14-2)19-11/h3-6,8H,7H2,1-2H3,(H,14,16). The lowest BCUT2D eigenvalue weighted by atomic mass is 10.1. The fourth-order valence-electron chi connectivity index (χ4n) is 2.39. The van der Waals surface area contributed by atoms with Crippen LogP contribution in [0.25, 0.3) is 0 Å². The molecule has 1 aromatic heterocycles. The molecular formula is C13H14N4OS. The Morgan fingerprint density at radius 1 is 1.42 bits per heavy atom. The zero-order valence-corrected chi connectivity index (χ0v) is 11.6. The molecule has 5 nitrogen and oxygen atoms in total. The zero-order valence-electron chi connectivity index (χ0n) is 10.8. The first-order chi connectivity index (χ1) is 9.20. The Morgan fingerprint density at radius 3 is 2.95 bits per heavy atom. The lowest BCUT2D eigenvalue weighted by Crippen LogP contribution is -2.35. The summed E-state index contributed by atoms with van der Waals surface area (Å²) in [7, 11) is 1.77. The minimum absolute atomic E-state index is 0.0727. The number of nitrogens with zero attached hydrogens (tertiary/aromatic N) is 3. The number of carbonyl (C=O) groups is 1. The molecule has 3 rings (SSSR count). The molecular weight excluding hydrogens is 260 g/mol. The summed E-state index contributed by atoms with van der Waals surface area (Å²) in [6, 6.07) is 8.17. The molecule has 1 amide bonds. The number of benzene rings is 1. The van der Waals surface area contributed by atoms with Crippen molar-refractivity contribution in [2.45, 2.75) is 19.4 Å². The van der Waals surface area contributed by atoms with Crippen molar-refractivity contribution in [2.75, 3.05) is 17.3 Å². The topological polar surface area (TPSA) is 58.1 Å². The van der Waals surface area contributed by atoms with Gasteiger partial charge in [-0.05, 0) is 25.0 Å². The average Bonchev–Trinajstić information content (AvgIpc) is 3.01. The molecule has 0 saturated carbocycles. The Kier molecular flexibility index (Phi) is 2.94. The second-order valence-electron chi connectivity index (χ2n) is 4.52. The van der Waals surface area contributed by atoms with Crippen molar-refractivity contribution in [1.82, 2.24) is 10.2 Å². The van der Waals surface area contributed by atoms with Gasteiger partial charge in [0.15, 0.2) is 0 Å². The number of fused-ring (bicyclic) bond motifs is 1. The van der Waals surface area contributed by atoms with Gasteiger partial charge in [0.05, 0.1) is 0 Å². The molecule has 6 heteroatoms. The van der Waals surface area contributed by atoms with Crippen molar-refractivity contribution >= 4 is 28.1 Å². The Hall–Kier alpha value is -1.95. The molecule has 0 aliphatic carbocycles. The number of aromatic nitrogens is 2. The maximum atomic E-state index is 12.6. The van der Waals surface area contributed by atoms with Gasteiger partial charge in [-0.1, -0.05) is 29.5 Å². The van der Waals surface area contributed by atoms with Crippen LogP contribution in [0.5, 0.6) is 0 Å². The molecule has 2 heterocycles. The first kappa shape index (κ1) is 12.1. The van der Waals surface area contributed by atoms with Crippen molar-refractivity contribution < 1.29 is 4.79 Å². The third kappa shape index (κ3) is 1.98. The second-order valence-corrected chi connectivity index (χ2v) is 5.50. The highest BCUT2D eigenvalue weighted by Gasteiger charge is 2.32. The van der Waals surface area contributed by atoms with E-state index in [-0.39, 0.29) is 11.9 Å². The molecule has 1 aliphatic heterocycles. The van der Waals surface area contributed by atoms with Gasteiger partial charge in [0.1, 0.15) is 0 Å². The predicted octanol–water partition coefficient (Wildman–Crippen LogP) is 2.17. The van der Waals surface area contributed by atoms with E-state index in [1.165, 1.54) is 16.9 Å². The molecule has 0 spiro atoms. The Morgan fingerprint density at radius 2 is 2.21 bits per heavy atom. The van der Waals surface area contributed by atoms with Crippen molar-refractivity contribution in [3.05, 3.63) is 34.8 Å². The van der Waals surface area contributed by atoms with Crippen LogP contribution in [0, 0.1) is 0 Å². The van der Waals surface area contributed by atoms with Gasteiger partial charge in [-0.2, -0.15) is 0 Å². The van der Waals surface area contributed by atoms with E-state index in [4.69, 9.17) is 0 Å². The Balaban J connectivity index is 1.95. The van der Waals surface area contributed by atoms with Crippen LogP contribution in [-0.4, -0.2) is 29.2 Å². The summed E-state index contributed by atoms with van der Waals surface area (Å²) < 4.78 is 0. The van der Waals surface area contributed by atoms with E-state index in [2.05, 4.69) is 28.5 Å². The lowest BCUT2D eigenvalue weighted by Gasteiger charge is -2.21. The van der Waals surface area contributed by atoms with Gasteiger partial charge in [0.25, 0.3) is 5.91 Å². The summed E-state index contributed by atoms with van der Waals surface area (Å²) in [5, 5.41) is 11.8. The Bertz CT molecular complexity index is 625. The maximum absolute atomic E-state index is 12.6. The van der Waals surface area contributed by atoms with E-state index in [0.29, 0.717) is 10.1 Å². The molecule has 1 N–H and O–H groups in total. The highest BCUT2D eigenvalue weighted by Crippen LogP contribution is 2.33. The van der Waals surface area contributed by atoms with Crippen LogP contribution in [0.1, 0.15) is 22.3 Å². The number of hydrogen-bond donors (Lipinski definition) is 1. The molecule has 1 aliphatic rings. The summed E-state index contributed by atoms with van der Waals surface area (Å²) in [6.45, 7) is 2.05. The number of anilines is 2. The zero-order chi connectivity index (χ0) is 13.4. The normalized spacial score (nSPS) is 17.4. The lowest BCUT2D eigenvalue weighted by molar-refractivity contribution is 0.0980. The van der Waals surface area contributed by atoms with Gasteiger partial charge in [0, 0.05) is 18.8 Å². The first-order valence-electron chi connectivity index (χ1n) is 6.13. The molecule has 0 fully saturated rings. The minimum atomic E-state index is -0.0727. The number of hydrogen-bond acceptors (Lipinski definition) is 5. The van der Waals surface area contributed by atoms with Gasteiger partial charge in [-0.15, -0.1) is 10.2 Å². The van der Waals surface area contributed by atoms with Crippen molar-refractivity contribution in [3.8, 4) is 0 Å². The second kappa shape index (κ2) is 4.62. The van der Waals surface area contributed by atoms with Crippen LogP contribution in [0.4, 0.5) is 10.8 Å². The van der Waals surface area contributed by atoms with E-state index in [9.17, 15) is 4.79 Å².